The zero-order valence-corrected chi connectivity index (χ0v) is 20.7. The van der Waals surface area contributed by atoms with Gasteiger partial charge in [0.1, 0.15) is 21.4 Å². The number of carbonyl (C=O) groups is 1. The number of imidazole rings is 1. The van der Waals surface area contributed by atoms with E-state index < -0.39 is 0 Å². The quantitative estimate of drug-likeness (QED) is 0.399. The Kier molecular flexibility index (Phi) is 6.56. The zero-order valence-electron chi connectivity index (χ0n) is 19.1. The summed E-state index contributed by atoms with van der Waals surface area (Å²) in [5.41, 5.74) is 2.64. The summed E-state index contributed by atoms with van der Waals surface area (Å²) in [4.78, 5) is 35.0. The number of nitrogens with zero attached hydrogens (tertiary/aromatic N) is 6. The van der Waals surface area contributed by atoms with Crippen LogP contribution in [0.1, 0.15) is 61.2 Å². The van der Waals surface area contributed by atoms with Crippen molar-refractivity contribution in [3.05, 3.63) is 52.1 Å². The van der Waals surface area contributed by atoms with Gasteiger partial charge in [-0.05, 0) is 43.7 Å². The maximum absolute atomic E-state index is 12.7. The van der Waals surface area contributed by atoms with Crippen molar-refractivity contribution in [2.45, 2.75) is 58.0 Å². The Bertz CT molecular complexity index is 1300. The molecule has 0 aromatic carbocycles. The Morgan fingerprint density at radius 1 is 1.21 bits per heavy atom. The van der Waals surface area contributed by atoms with Gasteiger partial charge in [-0.1, -0.05) is 36.8 Å². The predicted octanol–water partition coefficient (Wildman–Crippen LogP) is 5.11. The van der Waals surface area contributed by atoms with Crippen LogP contribution in [0.3, 0.4) is 0 Å². The van der Waals surface area contributed by atoms with E-state index in [1.807, 2.05) is 12.3 Å². The second-order valence-electron chi connectivity index (χ2n) is 9.09. The number of fused-ring (bicyclic) bond motifs is 1. The number of halogens is 1. The molecule has 1 N–H and O–H groups in total. The Balaban J connectivity index is 1.47. The number of carbonyl (C=O) groups excluding carboxylic acids is 1. The highest BCUT2D eigenvalue weighted by molar-refractivity contribution is 7.17. The number of amides is 1. The summed E-state index contributed by atoms with van der Waals surface area (Å²) in [7, 11) is 0. The molecule has 1 aliphatic rings. The average molecular weight is 496 g/mol. The molecule has 2 unspecified atom stereocenters. The molecule has 34 heavy (non-hydrogen) atoms. The van der Waals surface area contributed by atoms with Gasteiger partial charge in [-0.3, -0.25) is 9.78 Å². The Labute approximate surface area is 206 Å². The average Bonchev–Trinajstić information content (AvgIpc) is 3.42. The number of hydrogen-bond donors (Lipinski definition) is 1. The highest BCUT2D eigenvalue weighted by Gasteiger charge is 2.29. The van der Waals surface area contributed by atoms with Crippen LogP contribution in [-0.4, -0.2) is 41.4 Å². The van der Waals surface area contributed by atoms with E-state index in [1.54, 1.807) is 18.5 Å². The van der Waals surface area contributed by atoms with Crippen LogP contribution in [0, 0.1) is 5.92 Å². The second-order valence-corrected chi connectivity index (χ2v) is 10.7. The number of rotatable bonds is 6. The molecular formula is C24H26ClN7OS. The number of pyridine rings is 1. The maximum atomic E-state index is 12.7. The molecule has 176 valence electrons. The summed E-state index contributed by atoms with van der Waals surface area (Å²) in [6, 6.07) is 4.13. The SMILES string of the molecule is CC(C)Cc1nc2cnc(-c3ncccn3)cc2n1C1CCCC(NC(=O)c2ncc(Cl)s2)C1. The van der Waals surface area contributed by atoms with Crippen molar-refractivity contribution in [3.8, 4) is 11.5 Å². The van der Waals surface area contributed by atoms with Crippen molar-refractivity contribution >= 4 is 39.9 Å². The fourth-order valence-corrected chi connectivity index (χ4v) is 5.47. The molecule has 5 rings (SSSR count). The number of aromatic nitrogens is 6. The number of thiazole rings is 1. The van der Waals surface area contributed by atoms with Gasteiger partial charge in [-0.15, -0.1) is 0 Å². The van der Waals surface area contributed by atoms with Crippen LogP contribution < -0.4 is 5.32 Å². The van der Waals surface area contributed by atoms with Gasteiger partial charge in [0, 0.05) is 30.9 Å². The van der Waals surface area contributed by atoms with Gasteiger partial charge in [0.05, 0.1) is 17.9 Å². The molecule has 4 aromatic rings. The van der Waals surface area contributed by atoms with Crippen molar-refractivity contribution in [1.29, 1.82) is 0 Å². The second kappa shape index (κ2) is 9.76. The van der Waals surface area contributed by atoms with Crippen LogP contribution in [0.5, 0.6) is 0 Å². The van der Waals surface area contributed by atoms with Crippen molar-refractivity contribution < 1.29 is 4.79 Å². The highest BCUT2D eigenvalue weighted by atomic mass is 35.5. The molecule has 4 heterocycles. The van der Waals surface area contributed by atoms with Gasteiger partial charge in [-0.2, -0.15) is 0 Å². The predicted molar refractivity (Wildman–Crippen MR) is 133 cm³/mol. The lowest BCUT2D eigenvalue weighted by Crippen LogP contribution is -2.39. The molecule has 0 saturated heterocycles. The number of nitrogens with one attached hydrogen (secondary N) is 1. The summed E-state index contributed by atoms with van der Waals surface area (Å²) in [6.45, 7) is 4.41. The van der Waals surface area contributed by atoms with E-state index in [2.05, 4.69) is 43.7 Å². The topological polar surface area (TPSA) is 98.5 Å². The molecule has 10 heteroatoms. The third kappa shape index (κ3) is 4.81. The summed E-state index contributed by atoms with van der Waals surface area (Å²) in [6.07, 6.45) is 11.5. The van der Waals surface area contributed by atoms with Gasteiger partial charge in [0.15, 0.2) is 10.8 Å². The Morgan fingerprint density at radius 3 is 2.76 bits per heavy atom. The van der Waals surface area contributed by atoms with Gasteiger partial charge in [-0.25, -0.2) is 19.9 Å². The molecule has 0 aliphatic heterocycles. The first-order chi connectivity index (χ1) is 16.5. The largest absolute Gasteiger partial charge is 0.347 e. The van der Waals surface area contributed by atoms with Gasteiger partial charge < -0.3 is 9.88 Å². The summed E-state index contributed by atoms with van der Waals surface area (Å²) < 4.78 is 2.88. The number of hydrogen-bond acceptors (Lipinski definition) is 7. The van der Waals surface area contributed by atoms with Crippen molar-refractivity contribution in [3.63, 3.8) is 0 Å². The molecular weight excluding hydrogens is 470 g/mol. The van der Waals surface area contributed by atoms with E-state index in [4.69, 9.17) is 16.6 Å². The van der Waals surface area contributed by atoms with Gasteiger partial charge in [0.25, 0.3) is 5.91 Å². The maximum Gasteiger partial charge on any atom is 0.280 e. The van der Waals surface area contributed by atoms with Crippen molar-refractivity contribution in [2.24, 2.45) is 5.92 Å². The molecule has 0 radical (unpaired) electrons. The Hall–Kier alpha value is -2.91. The van der Waals surface area contributed by atoms with Crippen LogP contribution in [0.25, 0.3) is 22.6 Å². The molecule has 1 saturated carbocycles. The third-order valence-electron chi connectivity index (χ3n) is 6.05. The first-order valence-corrected chi connectivity index (χ1v) is 12.7. The van der Waals surface area contributed by atoms with Crippen LogP contribution >= 0.6 is 22.9 Å². The van der Waals surface area contributed by atoms with Crippen molar-refractivity contribution in [1.82, 2.24) is 34.8 Å². The van der Waals surface area contributed by atoms with E-state index in [9.17, 15) is 4.79 Å². The van der Waals surface area contributed by atoms with E-state index in [0.29, 0.717) is 21.1 Å². The third-order valence-corrected chi connectivity index (χ3v) is 7.17. The fourth-order valence-electron chi connectivity index (χ4n) is 4.65. The first kappa shape index (κ1) is 22.9. The van der Waals surface area contributed by atoms with Gasteiger partial charge in [0.2, 0.25) is 0 Å². The van der Waals surface area contributed by atoms with E-state index >= 15 is 0 Å². The summed E-state index contributed by atoms with van der Waals surface area (Å²) in [5, 5.41) is 3.57. The highest BCUT2D eigenvalue weighted by Crippen LogP contribution is 2.34. The minimum absolute atomic E-state index is 0.0667. The molecule has 4 aromatic heterocycles. The first-order valence-electron chi connectivity index (χ1n) is 11.5. The molecule has 1 amide bonds. The molecule has 8 nitrogen and oxygen atoms in total. The smallest absolute Gasteiger partial charge is 0.280 e. The lowest BCUT2D eigenvalue weighted by Gasteiger charge is -2.32. The van der Waals surface area contributed by atoms with E-state index in [1.165, 1.54) is 17.5 Å². The molecule has 1 fully saturated rings. The molecule has 1 aliphatic carbocycles. The molecule has 0 bridgehead atoms. The standard InChI is InChI=1S/C24H26ClN7OS/c1-14(2)9-21-31-18-12-28-17(22-26-7-4-8-27-22)11-19(18)32(21)16-6-3-5-15(10-16)30-23(33)24-29-13-20(25)34-24/h4,7-8,11-16H,3,5-6,9-10H2,1-2H3,(H,30,33). The fraction of sp³-hybridized carbons (Fsp3) is 0.417. The zero-order chi connectivity index (χ0) is 23.7. The lowest BCUT2D eigenvalue weighted by atomic mass is 9.90. The monoisotopic (exact) mass is 495 g/mol. The lowest BCUT2D eigenvalue weighted by molar-refractivity contribution is 0.0920. The van der Waals surface area contributed by atoms with Crippen LogP contribution in [0.15, 0.2) is 36.9 Å². The Morgan fingerprint density at radius 2 is 2.03 bits per heavy atom. The summed E-state index contributed by atoms with van der Waals surface area (Å²) >= 11 is 7.16. The van der Waals surface area contributed by atoms with Crippen LogP contribution in [0.4, 0.5) is 0 Å². The normalized spacial score (nSPS) is 18.5. The summed E-state index contributed by atoms with van der Waals surface area (Å²) in [5.74, 6) is 1.96. The van der Waals surface area contributed by atoms with E-state index in [-0.39, 0.29) is 18.0 Å². The van der Waals surface area contributed by atoms with Crippen molar-refractivity contribution in [2.75, 3.05) is 0 Å². The molecule has 0 spiro atoms. The van der Waals surface area contributed by atoms with Crippen LogP contribution in [0.2, 0.25) is 4.34 Å². The van der Waals surface area contributed by atoms with E-state index in [0.717, 1.165) is 54.7 Å². The van der Waals surface area contributed by atoms with Crippen LogP contribution in [-0.2, 0) is 6.42 Å². The molecule has 2 atom stereocenters. The minimum atomic E-state index is -0.159. The minimum Gasteiger partial charge on any atom is -0.347 e. The van der Waals surface area contributed by atoms with Gasteiger partial charge >= 0.3 is 0 Å².